The van der Waals surface area contributed by atoms with Crippen molar-refractivity contribution in [1.82, 2.24) is 4.98 Å². The lowest BCUT2D eigenvalue weighted by atomic mass is 10.1. The van der Waals surface area contributed by atoms with Gasteiger partial charge in [0.1, 0.15) is 5.75 Å². The topological polar surface area (TPSA) is 22.1 Å². The summed E-state index contributed by atoms with van der Waals surface area (Å²) in [5.74, 6) is 0.939. The molecule has 0 aliphatic carbocycles. The third-order valence-corrected chi connectivity index (χ3v) is 3.89. The average Bonchev–Trinajstić information content (AvgIpc) is 2.50. The van der Waals surface area contributed by atoms with Gasteiger partial charge in [0.2, 0.25) is 0 Å². The maximum Gasteiger partial charge on any atom is 0.418 e. The van der Waals surface area contributed by atoms with Gasteiger partial charge >= 0.3 is 6.18 Å². The van der Waals surface area contributed by atoms with Crippen molar-refractivity contribution in [2.24, 2.45) is 0 Å². The van der Waals surface area contributed by atoms with Gasteiger partial charge in [-0.2, -0.15) is 13.2 Å². The molecule has 112 valence electrons. The highest BCUT2D eigenvalue weighted by atomic mass is 79.9. The van der Waals surface area contributed by atoms with Crippen LogP contribution in [0, 0.1) is 0 Å². The fourth-order valence-corrected chi connectivity index (χ4v) is 2.59. The number of hydrogen-bond donors (Lipinski definition) is 0. The van der Waals surface area contributed by atoms with Gasteiger partial charge in [-0.05, 0) is 34.1 Å². The van der Waals surface area contributed by atoms with Gasteiger partial charge in [0, 0.05) is 5.39 Å². The van der Waals surface area contributed by atoms with Crippen molar-refractivity contribution in [2.75, 3.05) is 0 Å². The van der Waals surface area contributed by atoms with Crippen LogP contribution in [-0.4, -0.2) is 4.98 Å². The van der Waals surface area contributed by atoms with Crippen LogP contribution in [0.3, 0.4) is 0 Å². The van der Waals surface area contributed by atoms with Gasteiger partial charge in [-0.3, -0.25) is 4.98 Å². The lowest BCUT2D eigenvalue weighted by Gasteiger charge is -2.13. The van der Waals surface area contributed by atoms with Crippen molar-refractivity contribution in [3.8, 4) is 11.5 Å². The zero-order valence-electron chi connectivity index (χ0n) is 11.1. The summed E-state index contributed by atoms with van der Waals surface area (Å²) >= 11 is 3.31. The van der Waals surface area contributed by atoms with E-state index >= 15 is 0 Å². The second-order valence-corrected chi connectivity index (χ2v) is 5.34. The maximum absolute atomic E-state index is 13.0. The van der Waals surface area contributed by atoms with E-state index in [1.54, 1.807) is 30.3 Å². The van der Waals surface area contributed by atoms with Crippen LogP contribution in [0.2, 0.25) is 0 Å². The first-order valence-electron chi connectivity index (χ1n) is 6.34. The minimum absolute atomic E-state index is 0.109. The average molecular weight is 368 g/mol. The number of fused-ring (bicyclic) bond motifs is 1. The van der Waals surface area contributed by atoms with E-state index in [1.807, 2.05) is 6.07 Å². The van der Waals surface area contributed by atoms with Crippen LogP contribution in [0.5, 0.6) is 11.5 Å². The van der Waals surface area contributed by atoms with Crippen LogP contribution in [0.1, 0.15) is 5.56 Å². The normalized spacial score (nSPS) is 11.6. The number of pyridine rings is 1. The Morgan fingerprint density at radius 2 is 1.68 bits per heavy atom. The molecule has 0 fully saturated rings. The van der Waals surface area contributed by atoms with Gasteiger partial charge in [-0.1, -0.05) is 30.3 Å². The largest absolute Gasteiger partial charge is 0.455 e. The van der Waals surface area contributed by atoms with Crippen molar-refractivity contribution in [1.29, 1.82) is 0 Å². The molecule has 1 heterocycles. The Labute approximate surface area is 132 Å². The Kier molecular flexibility index (Phi) is 3.78. The summed E-state index contributed by atoms with van der Waals surface area (Å²) in [5, 5.41) is 0.350. The molecule has 0 unspecified atom stereocenters. The molecule has 0 amide bonds. The number of rotatable bonds is 2. The van der Waals surface area contributed by atoms with Crippen LogP contribution < -0.4 is 4.74 Å². The van der Waals surface area contributed by atoms with Crippen LogP contribution >= 0.6 is 15.9 Å². The summed E-state index contributed by atoms with van der Waals surface area (Å²) < 4.78 is 45.1. The first-order valence-corrected chi connectivity index (χ1v) is 7.13. The standard InChI is InChI=1S/C16H9BrF3NO/c17-14-11-7-4-8-12(16(18,19)20)15(11)21-9-13(14)22-10-5-2-1-3-6-10/h1-9H. The van der Waals surface area contributed by atoms with E-state index in [0.717, 1.165) is 6.07 Å². The van der Waals surface area contributed by atoms with Crippen LogP contribution in [0.25, 0.3) is 10.9 Å². The molecule has 0 radical (unpaired) electrons. The van der Waals surface area contributed by atoms with Gasteiger partial charge in [0.05, 0.1) is 21.7 Å². The molecule has 2 nitrogen and oxygen atoms in total. The highest BCUT2D eigenvalue weighted by Crippen LogP contribution is 2.39. The van der Waals surface area contributed by atoms with Crippen molar-refractivity contribution in [3.63, 3.8) is 0 Å². The van der Waals surface area contributed by atoms with Gasteiger partial charge in [0.15, 0.2) is 5.75 Å². The molecular formula is C16H9BrF3NO. The van der Waals surface area contributed by atoms with E-state index < -0.39 is 11.7 Å². The van der Waals surface area contributed by atoms with E-state index in [0.29, 0.717) is 21.4 Å². The molecule has 0 aliphatic heterocycles. The molecule has 1 aromatic heterocycles. The molecule has 2 aromatic carbocycles. The summed E-state index contributed by atoms with van der Waals surface area (Å²) in [6.07, 6.45) is -3.16. The predicted octanol–water partition coefficient (Wildman–Crippen LogP) is 5.81. The molecule has 0 saturated heterocycles. The summed E-state index contributed by atoms with van der Waals surface area (Å²) in [6, 6.07) is 12.9. The zero-order valence-corrected chi connectivity index (χ0v) is 12.6. The summed E-state index contributed by atoms with van der Waals surface area (Å²) in [4.78, 5) is 3.93. The van der Waals surface area contributed by atoms with Crippen LogP contribution in [-0.2, 0) is 6.18 Å². The molecule has 0 spiro atoms. The second kappa shape index (κ2) is 5.61. The maximum atomic E-state index is 13.0. The van der Waals surface area contributed by atoms with Crippen molar-refractivity contribution < 1.29 is 17.9 Å². The van der Waals surface area contributed by atoms with E-state index in [-0.39, 0.29) is 5.52 Å². The summed E-state index contributed by atoms with van der Waals surface area (Å²) in [6.45, 7) is 0. The minimum Gasteiger partial charge on any atom is -0.455 e. The minimum atomic E-state index is -4.45. The van der Waals surface area contributed by atoms with Crippen LogP contribution in [0.15, 0.2) is 59.2 Å². The molecule has 3 aromatic rings. The highest BCUT2D eigenvalue weighted by molar-refractivity contribution is 9.10. The SMILES string of the molecule is FC(F)(F)c1cccc2c(Br)c(Oc3ccccc3)cnc12. The monoisotopic (exact) mass is 367 g/mol. The zero-order chi connectivity index (χ0) is 15.7. The van der Waals surface area contributed by atoms with E-state index in [4.69, 9.17) is 4.74 Å². The van der Waals surface area contributed by atoms with Gasteiger partial charge in [-0.15, -0.1) is 0 Å². The molecule has 0 bridgehead atoms. The number of hydrogen-bond acceptors (Lipinski definition) is 2. The lowest BCUT2D eigenvalue weighted by Crippen LogP contribution is -2.06. The molecule has 0 N–H and O–H groups in total. The number of alkyl halides is 3. The van der Waals surface area contributed by atoms with Crippen molar-refractivity contribution in [2.45, 2.75) is 6.18 Å². The number of nitrogens with zero attached hydrogens (tertiary/aromatic N) is 1. The first-order chi connectivity index (χ1) is 10.5. The Morgan fingerprint density at radius 1 is 0.955 bits per heavy atom. The molecule has 22 heavy (non-hydrogen) atoms. The highest BCUT2D eigenvalue weighted by Gasteiger charge is 2.33. The van der Waals surface area contributed by atoms with E-state index in [2.05, 4.69) is 20.9 Å². The van der Waals surface area contributed by atoms with Gasteiger partial charge in [-0.25, -0.2) is 0 Å². The number of para-hydroxylation sites is 2. The van der Waals surface area contributed by atoms with Crippen molar-refractivity contribution in [3.05, 3.63) is 64.8 Å². The molecular weight excluding hydrogens is 359 g/mol. The fourth-order valence-electron chi connectivity index (χ4n) is 2.09. The molecule has 0 atom stereocenters. The van der Waals surface area contributed by atoms with E-state index in [9.17, 15) is 13.2 Å². The number of halogens is 4. The Bertz CT molecular complexity index is 819. The Balaban J connectivity index is 2.11. The van der Waals surface area contributed by atoms with Gasteiger partial charge in [0.25, 0.3) is 0 Å². The summed E-state index contributed by atoms with van der Waals surface area (Å²) in [7, 11) is 0. The number of benzene rings is 2. The summed E-state index contributed by atoms with van der Waals surface area (Å²) in [5.41, 5.74) is -0.876. The predicted molar refractivity (Wildman–Crippen MR) is 81.0 cm³/mol. The second-order valence-electron chi connectivity index (χ2n) is 4.55. The Hall–Kier alpha value is -2.08. The molecule has 0 aliphatic rings. The molecule has 6 heteroatoms. The number of aromatic nitrogens is 1. The fraction of sp³-hybridized carbons (Fsp3) is 0.0625. The molecule has 3 rings (SSSR count). The quantitative estimate of drug-likeness (QED) is 0.570. The molecule has 0 saturated carbocycles. The van der Waals surface area contributed by atoms with Crippen LogP contribution in [0.4, 0.5) is 13.2 Å². The van der Waals surface area contributed by atoms with E-state index in [1.165, 1.54) is 12.3 Å². The van der Waals surface area contributed by atoms with Gasteiger partial charge < -0.3 is 4.74 Å². The smallest absolute Gasteiger partial charge is 0.418 e. The third-order valence-electron chi connectivity index (χ3n) is 3.08. The Morgan fingerprint density at radius 3 is 2.36 bits per heavy atom. The first kappa shape index (κ1) is 14.8. The van der Waals surface area contributed by atoms with Crippen molar-refractivity contribution >= 4 is 26.8 Å². The third kappa shape index (κ3) is 2.78. The number of ether oxygens (including phenoxy) is 1. The lowest BCUT2D eigenvalue weighted by molar-refractivity contribution is -0.136.